The van der Waals surface area contributed by atoms with E-state index in [0.29, 0.717) is 19.4 Å². The molecular weight excluding hydrogens is 347 g/mol. The number of piperidine rings is 1. The molecule has 0 spiro atoms. The van der Waals surface area contributed by atoms with E-state index >= 15 is 0 Å². The summed E-state index contributed by atoms with van der Waals surface area (Å²) in [5, 5.41) is 4.20. The Labute approximate surface area is 160 Å². The second-order valence-electron chi connectivity index (χ2n) is 7.52. The van der Waals surface area contributed by atoms with Crippen molar-refractivity contribution in [2.24, 2.45) is 10.6 Å². The summed E-state index contributed by atoms with van der Waals surface area (Å²) in [5.41, 5.74) is 1.17. The molecule has 6 heteroatoms. The van der Waals surface area contributed by atoms with Crippen LogP contribution in [0, 0.1) is 11.2 Å². The van der Waals surface area contributed by atoms with Crippen LogP contribution in [0.25, 0.3) is 0 Å². The number of esters is 1. The van der Waals surface area contributed by atoms with E-state index in [1.807, 2.05) is 6.92 Å². The summed E-state index contributed by atoms with van der Waals surface area (Å²) in [7, 11) is 0. The van der Waals surface area contributed by atoms with Crippen LogP contribution in [0.2, 0.25) is 0 Å². The van der Waals surface area contributed by atoms with Crippen LogP contribution in [-0.4, -0.2) is 48.9 Å². The summed E-state index contributed by atoms with van der Waals surface area (Å²) in [6.07, 6.45) is 3.79. The molecule has 5 nitrogen and oxygen atoms in total. The molecule has 2 heterocycles. The van der Waals surface area contributed by atoms with Gasteiger partial charge >= 0.3 is 5.97 Å². The zero-order valence-electron chi connectivity index (χ0n) is 16.2. The van der Waals surface area contributed by atoms with Gasteiger partial charge in [0.1, 0.15) is 11.9 Å². The van der Waals surface area contributed by atoms with Gasteiger partial charge in [0.05, 0.1) is 17.7 Å². The quantitative estimate of drug-likeness (QED) is 0.680. The first-order chi connectivity index (χ1) is 13.1. The van der Waals surface area contributed by atoms with Crippen molar-refractivity contribution < 1.29 is 18.8 Å². The van der Waals surface area contributed by atoms with Crippen molar-refractivity contribution in [1.82, 2.24) is 4.90 Å². The lowest BCUT2D eigenvalue weighted by Gasteiger charge is -2.40. The van der Waals surface area contributed by atoms with E-state index in [9.17, 15) is 9.18 Å². The molecule has 148 valence electrons. The number of oxime groups is 1. The monoisotopic (exact) mass is 376 g/mol. The van der Waals surface area contributed by atoms with Crippen molar-refractivity contribution in [3.8, 4) is 0 Å². The van der Waals surface area contributed by atoms with Gasteiger partial charge in [-0.25, -0.2) is 4.39 Å². The Morgan fingerprint density at radius 3 is 2.63 bits per heavy atom. The molecule has 27 heavy (non-hydrogen) atoms. The zero-order valence-corrected chi connectivity index (χ0v) is 16.2. The van der Waals surface area contributed by atoms with Crippen LogP contribution in [0.4, 0.5) is 4.39 Å². The van der Waals surface area contributed by atoms with Gasteiger partial charge in [0.2, 0.25) is 0 Å². The predicted molar refractivity (Wildman–Crippen MR) is 102 cm³/mol. The van der Waals surface area contributed by atoms with E-state index in [1.165, 1.54) is 12.1 Å². The van der Waals surface area contributed by atoms with E-state index in [1.54, 1.807) is 12.1 Å². The molecule has 0 radical (unpaired) electrons. The molecule has 1 saturated heterocycles. The largest absolute Gasteiger partial charge is 0.466 e. The van der Waals surface area contributed by atoms with Crippen molar-refractivity contribution >= 4 is 11.7 Å². The van der Waals surface area contributed by atoms with Crippen molar-refractivity contribution in [2.75, 3.05) is 26.2 Å². The van der Waals surface area contributed by atoms with Crippen LogP contribution in [0.5, 0.6) is 0 Å². The maximum absolute atomic E-state index is 13.1. The Morgan fingerprint density at radius 2 is 2.00 bits per heavy atom. The summed E-state index contributed by atoms with van der Waals surface area (Å²) in [5.74, 6) is -0.380. The van der Waals surface area contributed by atoms with Crippen molar-refractivity contribution in [1.29, 1.82) is 0 Å². The molecule has 2 aliphatic heterocycles. The second-order valence-corrected chi connectivity index (χ2v) is 7.52. The highest BCUT2D eigenvalue weighted by atomic mass is 19.1. The molecule has 1 aromatic rings. The normalized spacial score (nSPS) is 22.2. The van der Waals surface area contributed by atoms with E-state index in [-0.39, 0.29) is 17.9 Å². The third-order valence-corrected chi connectivity index (χ3v) is 5.59. The van der Waals surface area contributed by atoms with E-state index in [0.717, 1.165) is 50.2 Å². The fraction of sp³-hybridized carbons (Fsp3) is 0.619. The molecule has 0 unspecified atom stereocenters. The van der Waals surface area contributed by atoms with E-state index < -0.39 is 5.41 Å². The van der Waals surface area contributed by atoms with Gasteiger partial charge in [0.25, 0.3) is 0 Å². The summed E-state index contributed by atoms with van der Waals surface area (Å²) in [6.45, 7) is 7.29. The highest BCUT2D eigenvalue weighted by Gasteiger charge is 2.45. The average Bonchev–Trinajstić information content (AvgIpc) is 3.13. The molecule has 1 fully saturated rings. The van der Waals surface area contributed by atoms with Crippen LogP contribution in [0.1, 0.15) is 51.5 Å². The van der Waals surface area contributed by atoms with Crippen molar-refractivity contribution in [3.63, 3.8) is 0 Å². The standard InChI is InChI=1S/C21H29FN2O3/c1-3-11-24-12-9-21(10-13-24,20(25)26-4-2)15-18-14-19(23-27-18)16-5-7-17(22)8-6-16/h5-8,18H,3-4,9-15H2,1-2H3/t18-/m1/s1. The van der Waals surface area contributed by atoms with E-state index in [2.05, 4.69) is 17.0 Å². The summed E-state index contributed by atoms with van der Waals surface area (Å²) < 4.78 is 18.6. The molecule has 0 amide bonds. The Bertz CT molecular complexity index is 667. The number of hydrogen-bond acceptors (Lipinski definition) is 5. The first kappa shape index (κ1) is 19.8. The highest BCUT2D eigenvalue weighted by molar-refractivity contribution is 6.01. The SMILES string of the molecule is CCCN1CCC(C[C@H]2CC(c3ccc(F)cc3)=NO2)(C(=O)OCC)CC1. The highest BCUT2D eigenvalue weighted by Crippen LogP contribution is 2.40. The molecule has 3 rings (SSSR count). The summed E-state index contributed by atoms with van der Waals surface area (Å²) >= 11 is 0. The van der Waals surface area contributed by atoms with Crippen LogP contribution >= 0.6 is 0 Å². The number of benzene rings is 1. The second kappa shape index (κ2) is 8.83. The maximum atomic E-state index is 13.1. The minimum atomic E-state index is -0.501. The van der Waals surface area contributed by atoms with Gasteiger partial charge in [-0.3, -0.25) is 4.79 Å². The Kier molecular flexibility index (Phi) is 6.47. The van der Waals surface area contributed by atoms with Gasteiger partial charge in [0, 0.05) is 12.8 Å². The topological polar surface area (TPSA) is 51.1 Å². The molecule has 0 bridgehead atoms. The fourth-order valence-electron chi connectivity index (χ4n) is 4.08. The number of ether oxygens (including phenoxy) is 1. The van der Waals surface area contributed by atoms with Crippen LogP contribution in [-0.2, 0) is 14.4 Å². The lowest BCUT2D eigenvalue weighted by molar-refractivity contribution is -0.161. The molecule has 0 N–H and O–H groups in total. The third kappa shape index (κ3) is 4.67. The molecule has 0 aromatic heterocycles. The van der Waals surface area contributed by atoms with Crippen molar-refractivity contribution in [3.05, 3.63) is 35.6 Å². The first-order valence-corrected chi connectivity index (χ1v) is 9.94. The van der Waals surface area contributed by atoms with Crippen LogP contribution < -0.4 is 0 Å². The number of carbonyl (C=O) groups is 1. The van der Waals surface area contributed by atoms with E-state index in [4.69, 9.17) is 9.57 Å². The van der Waals surface area contributed by atoms with Gasteiger partial charge in [0.15, 0.2) is 0 Å². The van der Waals surface area contributed by atoms with Gasteiger partial charge in [-0.2, -0.15) is 0 Å². The van der Waals surface area contributed by atoms with Crippen LogP contribution in [0.15, 0.2) is 29.4 Å². The number of hydrogen-bond donors (Lipinski definition) is 0. The number of carbonyl (C=O) groups excluding carboxylic acids is 1. The Balaban J connectivity index is 1.65. The molecule has 2 aliphatic rings. The van der Waals surface area contributed by atoms with Gasteiger partial charge < -0.3 is 14.5 Å². The number of nitrogens with zero attached hydrogens (tertiary/aromatic N) is 2. The lowest BCUT2D eigenvalue weighted by atomic mass is 9.73. The first-order valence-electron chi connectivity index (χ1n) is 9.94. The van der Waals surface area contributed by atoms with Crippen LogP contribution in [0.3, 0.4) is 0 Å². The fourth-order valence-corrected chi connectivity index (χ4v) is 4.08. The van der Waals surface area contributed by atoms with Gasteiger partial charge in [-0.05, 0) is 63.5 Å². The number of rotatable bonds is 7. The molecule has 0 aliphatic carbocycles. The summed E-state index contributed by atoms with van der Waals surface area (Å²) in [6, 6.07) is 6.28. The lowest BCUT2D eigenvalue weighted by Crippen LogP contribution is -2.47. The van der Waals surface area contributed by atoms with Crippen molar-refractivity contribution in [2.45, 2.75) is 52.1 Å². The minimum absolute atomic E-state index is 0.111. The molecular formula is C21H29FN2O3. The third-order valence-electron chi connectivity index (χ3n) is 5.59. The number of halogens is 1. The maximum Gasteiger partial charge on any atom is 0.312 e. The summed E-state index contributed by atoms with van der Waals surface area (Å²) in [4.78, 5) is 20.8. The number of likely N-dealkylation sites (tertiary alicyclic amines) is 1. The Morgan fingerprint density at radius 1 is 1.30 bits per heavy atom. The zero-order chi connectivity index (χ0) is 19.3. The Hall–Kier alpha value is -1.95. The molecule has 1 atom stereocenters. The van der Waals surface area contributed by atoms with Gasteiger partial charge in [-0.1, -0.05) is 24.2 Å². The predicted octanol–water partition coefficient (Wildman–Crippen LogP) is 3.76. The minimum Gasteiger partial charge on any atom is -0.466 e. The smallest absolute Gasteiger partial charge is 0.312 e. The molecule has 1 aromatic carbocycles. The molecule has 0 saturated carbocycles. The van der Waals surface area contributed by atoms with Gasteiger partial charge in [-0.15, -0.1) is 0 Å². The average molecular weight is 376 g/mol.